The van der Waals surface area contributed by atoms with E-state index in [-0.39, 0.29) is 5.75 Å². The van der Waals surface area contributed by atoms with Crippen molar-refractivity contribution in [3.8, 4) is 5.75 Å². The van der Waals surface area contributed by atoms with Crippen LogP contribution in [0.5, 0.6) is 5.75 Å². The summed E-state index contributed by atoms with van der Waals surface area (Å²) in [4.78, 5) is 0. The van der Waals surface area contributed by atoms with Crippen LogP contribution in [0.2, 0.25) is 0 Å². The fraction of sp³-hybridized carbons (Fsp3) is 0.250. The van der Waals surface area contributed by atoms with E-state index in [4.69, 9.17) is 0 Å². The number of aromatic hydroxyl groups is 1. The number of benzene rings is 2. The normalized spacial score (nSPS) is 10.6. The Kier molecular flexibility index (Phi) is 5.00. The minimum Gasteiger partial charge on any atom is -0.507 e. The number of hydrogen-bond donors (Lipinski definition) is 2. The monoisotopic (exact) mass is 319 g/mol. The third-order valence-corrected chi connectivity index (χ3v) is 3.81. The summed E-state index contributed by atoms with van der Waals surface area (Å²) in [6, 6.07) is 14.1. The Balaban J connectivity index is 1.81. The molecule has 100 valence electrons. The molecule has 0 atom stereocenters. The molecule has 0 aliphatic carbocycles. The predicted molar refractivity (Wildman–Crippen MR) is 82.4 cm³/mol. The number of phenolic OH excluding ortho intramolecular Hbond substituents is 1. The molecule has 0 spiro atoms. The number of aryl methyl sites for hydroxylation is 1. The quantitative estimate of drug-likeness (QED) is 0.822. The SMILES string of the molecule is Cc1ccccc1CCNCc1ccc(O)c(Br)c1. The van der Waals surface area contributed by atoms with Gasteiger partial charge in [0, 0.05) is 6.54 Å². The minimum atomic E-state index is 0.281. The summed E-state index contributed by atoms with van der Waals surface area (Å²) >= 11 is 3.32. The Labute approximate surface area is 122 Å². The highest BCUT2D eigenvalue weighted by Crippen LogP contribution is 2.24. The summed E-state index contributed by atoms with van der Waals surface area (Å²) < 4.78 is 0.741. The first-order valence-electron chi connectivity index (χ1n) is 6.39. The van der Waals surface area contributed by atoms with Crippen LogP contribution in [0.1, 0.15) is 16.7 Å². The molecule has 0 unspecified atom stereocenters. The standard InChI is InChI=1S/C16H18BrNO/c1-12-4-2-3-5-14(12)8-9-18-11-13-6-7-16(19)15(17)10-13/h2-7,10,18-19H,8-9,11H2,1H3. The first-order chi connectivity index (χ1) is 9.16. The zero-order valence-corrected chi connectivity index (χ0v) is 12.6. The molecule has 0 heterocycles. The fourth-order valence-electron chi connectivity index (χ4n) is 2.01. The van der Waals surface area contributed by atoms with Gasteiger partial charge in [-0.3, -0.25) is 0 Å². The third kappa shape index (κ3) is 4.08. The molecule has 2 aromatic rings. The lowest BCUT2D eigenvalue weighted by molar-refractivity contribution is 0.471. The molecule has 19 heavy (non-hydrogen) atoms. The molecule has 2 aromatic carbocycles. The zero-order valence-electron chi connectivity index (χ0n) is 11.0. The predicted octanol–water partition coefficient (Wildman–Crippen LogP) is 3.80. The molecule has 0 aromatic heterocycles. The lowest BCUT2D eigenvalue weighted by atomic mass is 10.1. The second-order valence-corrected chi connectivity index (χ2v) is 5.49. The Bertz CT molecular complexity index is 554. The van der Waals surface area contributed by atoms with E-state index in [1.165, 1.54) is 11.1 Å². The van der Waals surface area contributed by atoms with Crippen molar-refractivity contribution in [2.75, 3.05) is 6.54 Å². The Morgan fingerprint density at radius 3 is 2.68 bits per heavy atom. The molecule has 2 nitrogen and oxygen atoms in total. The van der Waals surface area contributed by atoms with Crippen LogP contribution in [0.3, 0.4) is 0 Å². The topological polar surface area (TPSA) is 32.3 Å². The summed E-state index contributed by atoms with van der Waals surface area (Å²) in [5, 5.41) is 12.8. The van der Waals surface area contributed by atoms with Crippen molar-refractivity contribution in [2.45, 2.75) is 19.9 Å². The molecule has 0 fully saturated rings. The molecule has 0 aliphatic heterocycles. The van der Waals surface area contributed by atoms with Crippen molar-refractivity contribution in [1.29, 1.82) is 0 Å². The smallest absolute Gasteiger partial charge is 0.129 e. The first kappa shape index (κ1) is 14.1. The lowest BCUT2D eigenvalue weighted by Gasteiger charge is -2.08. The van der Waals surface area contributed by atoms with Crippen LogP contribution in [-0.4, -0.2) is 11.7 Å². The van der Waals surface area contributed by atoms with Crippen LogP contribution in [0.4, 0.5) is 0 Å². The number of phenols is 1. The van der Waals surface area contributed by atoms with Gasteiger partial charge in [0.25, 0.3) is 0 Å². The molecule has 0 aliphatic rings. The summed E-state index contributed by atoms with van der Waals surface area (Å²) in [6.07, 6.45) is 1.03. The van der Waals surface area contributed by atoms with Gasteiger partial charge in [-0.25, -0.2) is 0 Å². The number of nitrogens with one attached hydrogen (secondary N) is 1. The molecular formula is C16H18BrNO. The van der Waals surface area contributed by atoms with Gasteiger partial charge in [-0.15, -0.1) is 0 Å². The molecule has 2 N–H and O–H groups in total. The van der Waals surface area contributed by atoms with Gasteiger partial charge < -0.3 is 10.4 Å². The Hall–Kier alpha value is -1.32. The highest BCUT2D eigenvalue weighted by molar-refractivity contribution is 9.10. The summed E-state index contributed by atoms with van der Waals surface area (Å²) in [5.41, 5.74) is 3.90. The van der Waals surface area contributed by atoms with Gasteiger partial charge in [-0.2, -0.15) is 0 Å². The molecule has 0 bridgehead atoms. The van der Waals surface area contributed by atoms with Crippen molar-refractivity contribution in [3.05, 3.63) is 63.6 Å². The Morgan fingerprint density at radius 2 is 1.95 bits per heavy atom. The van der Waals surface area contributed by atoms with Gasteiger partial charge in [0.05, 0.1) is 4.47 Å². The van der Waals surface area contributed by atoms with Crippen molar-refractivity contribution in [3.63, 3.8) is 0 Å². The number of halogens is 1. The van der Waals surface area contributed by atoms with Crippen LogP contribution in [-0.2, 0) is 13.0 Å². The summed E-state index contributed by atoms with van der Waals surface area (Å²) in [7, 11) is 0. The molecule has 0 saturated heterocycles. The van der Waals surface area contributed by atoms with Crippen molar-refractivity contribution in [1.82, 2.24) is 5.32 Å². The third-order valence-electron chi connectivity index (χ3n) is 3.17. The zero-order chi connectivity index (χ0) is 13.7. The highest BCUT2D eigenvalue weighted by atomic mass is 79.9. The van der Waals surface area contributed by atoms with E-state index in [1.54, 1.807) is 6.07 Å². The molecule has 0 saturated carbocycles. The maximum absolute atomic E-state index is 9.43. The molecule has 2 rings (SSSR count). The van der Waals surface area contributed by atoms with Gasteiger partial charge in [-0.05, 0) is 64.6 Å². The van der Waals surface area contributed by atoms with Gasteiger partial charge in [0.1, 0.15) is 5.75 Å². The van der Waals surface area contributed by atoms with Crippen LogP contribution in [0.25, 0.3) is 0 Å². The van der Waals surface area contributed by atoms with Crippen LogP contribution in [0, 0.1) is 6.92 Å². The van der Waals surface area contributed by atoms with E-state index < -0.39 is 0 Å². The second kappa shape index (κ2) is 6.73. The van der Waals surface area contributed by atoms with E-state index in [1.807, 2.05) is 12.1 Å². The number of rotatable bonds is 5. The first-order valence-corrected chi connectivity index (χ1v) is 7.19. The van der Waals surface area contributed by atoms with Gasteiger partial charge in [-0.1, -0.05) is 30.3 Å². The van der Waals surface area contributed by atoms with Crippen molar-refractivity contribution in [2.24, 2.45) is 0 Å². The minimum absolute atomic E-state index is 0.281. The molecular weight excluding hydrogens is 302 g/mol. The number of hydrogen-bond acceptors (Lipinski definition) is 2. The van der Waals surface area contributed by atoms with Crippen LogP contribution < -0.4 is 5.32 Å². The second-order valence-electron chi connectivity index (χ2n) is 4.64. The van der Waals surface area contributed by atoms with Gasteiger partial charge in [0.2, 0.25) is 0 Å². The highest BCUT2D eigenvalue weighted by Gasteiger charge is 2.00. The Morgan fingerprint density at radius 1 is 1.16 bits per heavy atom. The average molecular weight is 320 g/mol. The van der Waals surface area contributed by atoms with E-state index in [9.17, 15) is 5.11 Å². The van der Waals surface area contributed by atoms with Crippen molar-refractivity contribution < 1.29 is 5.11 Å². The average Bonchev–Trinajstić information content (AvgIpc) is 2.40. The van der Waals surface area contributed by atoms with E-state index in [0.29, 0.717) is 0 Å². The lowest BCUT2D eigenvalue weighted by Crippen LogP contribution is -2.17. The van der Waals surface area contributed by atoms with E-state index >= 15 is 0 Å². The largest absolute Gasteiger partial charge is 0.507 e. The van der Waals surface area contributed by atoms with Crippen LogP contribution in [0.15, 0.2) is 46.9 Å². The van der Waals surface area contributed by atoms with Crippen LogP contribution >= 0.6 is 15.9 Å². The molecule has 0 amide bonds. The van der Waals surface area contributed by atoms with Crippen molar-refractivity contribution >= 4 is 15.9 Å². The fourth-order valence-corrected chi connectivity index (χ4v) is 2.43. The summed E-state index contributed by atoms with van der Waals surface area (Å²) in [6.45, 7) is 3.90. The van der Waals surface area contributed by atoms with E-state index in [0.717, 1.165) is 29.5 Å². The maximum atomic E-state index is 9.43. The molecule has 3 heteroatoms. The summed E-state index contributed by atoms with van der Waals surface area (Å²) in [5.74, 6) is 0.281. The molecule has 0 radical (unpaired) electrons. The van der Waals surface area contributed by atoms with E-state index in [2.05, 4.69) is 52.4 Å². The van der Waals surface area contributed by atoms with Gasteiger partial charge >= 0.3 is 0 Å². The van der Waals surface area contributed by atoms with Gasteiger partial charge in [0.15, 0.2) is 0 Å². The maximum Gasteiger partial charge on any atom is 0.129 e.